The van der Waals surface area contributed by atoms with Crippen molar-refractivity contribution in [1.82, 2.24) is 0 Å². The summed E-state index contributed by atoms with van der Waals surface area (Å²) in [4.78, 5) is 11.0. The van der Waals surface area contributed by atoms with Crippen molar-refractivity contribution >= 4 is 5.97 Å². The third-order valence-corrected chi connectivity index (χ3v) is 3.61. The fourth-order valence-corrected chi connectivity index (χ4v) is 3.10. The summed E-state index contributed by atoms with van der Waals surface area (Å²) in [5, 5.41) is 9.02. The first-order valence-electron chi connectivity index (χ1n) is 6.49. The van der Waals surface area contributed by atoms with Crippen molar-refractivity contribution in [2.24, 2.45) is 16.7 Å². The summed E-state index contributed by atoms with van der Waals surface area (Å²) in [6, 6.07) is 0. The monoisotopic (exact) mass is 238 g/mol. The van der Waals surface area contributed by atoms with E-state index in [0.717, 1.165) is 12.8 Å². The van der Waals surface area contributed by atoms with Crippen LogP contribution in [0.5, 0.6) is 0 Å². The quantitative estimate of drug-likeness (QED) is 0.730. The van der Waals surface area contributed by atoms with Crippen LogP contribution in [0, 0.1) is 16.7 Å². The largest absolute Gasteiger partial charge is 0.481 e. The van der Waals surface area contributed by atoms with E-state index >= 15 is 0 Å². The number of aliphatic carboxylic acids is 1. The van der Waals surface area contributed by atoms with E-state index in [1.165, 1.54) is 11.1 Å². The molecule has 1 unspecified atom stereocenters. The van der Waals surface area contributed by atoms with E-state index in [1.807, 2.05) is 0 Å². The van der Waals surface area contributed by atoms with Gasteiger partial charge < -0.3 is 5.11 Å². The molecular formula is C15H26O2. The van der Waals surface area contributed by atoms with Crippen molar-refractivity contribution in [3.63, 3.8) is 0 Å². The number of carbonyl (C=O) groups is 1. The molecule has 0 saturated carbocycles. The van der Waals surface area contributed by atoms with Crippen molar-refractivity contribution in [1.29, 1.82) is 0 Å². The van der Waals surface area contributed by atoms with Crippen LogP contribution >= 0.6 is 0 Å². The summed E-state index contributed by atoms with van der Waals surface area (Å²) in [6.07, 6.45) is 2.35. The van der Waals surface area contributed by atoms with Crippen molar-refractivity contribution in [3.8, 4) is 0 Å². The Balaban J connectivity index is 3.16. The number of carboxylic acid groups (broad SMARTS) is 1. The summed E-state index contributed by atoms with van der Waals surface area (Å²) in [5.74, 6) is -0.436. The number of carboxylic acids is 1. The van der Waals surface area contributed by atoms with Crippen LogP contribution in [-0.2, 0) is 4.79 Å². The van der Waals surface area contributed by atoms with E-state index in [4.69, 9.17) is 5.11 Å². The van der Waals surface area contributed by atoms with Gasteiger partial charge in [0, 0.05) is 0 Å². The van der Waals surface area contributed by atoms with Crippen LogP contribution in [0.2, 0.25) is 0 Å². The standard InChI is InChI=1S/C15H26O2/c1-14(2,3)11-8-7-10(9-12(16)17)13(11)15(4,5)6/h10H,7-9H2,1-6H3,(H,16,17). The lowest BCUT2D eigenvalue weighted by atomic mass is 9.73. The van der Waals surface area contributed by atoms with E-state index in [9.17, 15) is 4.79 Å². The zero-order valence-electron chi connectivity index (χ0n) is 12.1. The van der Waals surface area contributed by atoms with Gasteiger partial charge in [-0.2, -0.15) is 0 Å². The Morgan fingerprint density at radius 1 is 1.18 bits per heavy atom. The number of rotatable bonds is 2. The van der Waals surface area contributed by atoms with Crippen LogP contribution in [0.4, 0.5) is 0 Å². The molecule has 2 heteroatoms. The Morgan fingerprint density at radius 2 is 1.71 bits per heavy atom. The second-order valence-corrected chi connectivity index (χ2v) is 7.23. The van der Waals surface area contributed by atoms with Crippen molar-refractivity contribution in [2.75, 3.05) is 0 Å². The second-order valence-electron chi connectivity index (χ2n) is 7.23. The van der Waals surface area contributed by atoms with Gasteiger partial charge in [0.1, 0.15) is 0 Å². The van der Waals surface area contributed by atoms with Gasteiger partial charge in [0.05, 0.1) is 6.42 Å². The lowest BCUT2D eigenvalue weighted by Crippen LogP contribution is -2.21. The maximum Gasteiger partial charge on any atom is 0.303 e. The molecule has 2 nitrogen and oxygen atoms in total. The maximum absolute atomic E-state index is 11.0. The molecule has 0 radical (unpaired) electrons. The molecule has 1 rings (SSSR count). The van der Waals surface area contributed by atoms with Crippen molar-refractivity contribution in [2.45, 2.75) is 60.8 Å². The van der Waals surface area contributed by atoms with Gasteiger partial charge >= 0.3 is 5.97 Å². The number of allylic oxidation sites excluding steroid dienone is 2. The molecule has 0 spiro atoms. The molecule has 0 saturated heterocycles. The van der Waals surface area contributed by atoms with Crippen LogP contribution < -0.4 is 0 Å². The average Bonchev–Trinajstić information content (AvgIpc) is 2.44. The van der Waals surface area contributed by atoms with Crippen molar-refractivity contribution in [3.05, 3.63) is 11.1 Å². The Hall–Kier alpha value is -0.790. The van der Waals surface area contributed by atoms with E-state index in [2.05, 4.69) is 41.5 Å². The van der Waals surface area contributed by atoms with Gasteiger partial charge in [-0.3, -0.25) is 4.79 Å². The SMILES string of the molecule is CC(C)(C)C1=C(C(C)(C)C)C(CC(=O)O)CC1. The van der Waals surface area contributed by atoms with Gasteiger partial charge in [0.2, 0.25) is 0 Å². The highest BCUT2D eigenvalue weighted by Crippen LogP contribution is 2.49. The highest BCUT2D eigenvalue weighted by Gasteiger charge is 2.37. The Bertz CT molecular complexity index is 337. The van der Waals surface area contributed by atoms with E-state index < -0.39 is 5.97 Å². The molecule has 0 aromatic rings. The molecule has 1 atom stereocenters. The van der Waals surface area contributed by atoms with Crippen molar-refractivity contribution < 1.29 is 9.90 Å². The summed E-state index contributed by atoms with van der Waals surface area (Å²) < 4.78 is 0. The highest BCUT2D eigenvalue weighted by molar-refractivity contribution is 5.68. The topological polar surface area (TPSA) is 37.3 Å². The summed E-state index contributed by atoms with van der Waals surface area (Å²) in [6.45, 7) is 13.3. The lowest BCUT2D eigenvalue weighted by Gasteiger charge is -2.32. The molecular weight excluding hydrogens is 212 g/mol. The molecule has 0 aliphatic heterocycles. The minimum Gasteiger partial charge on any atom is -0.481 e. The smallest absolute Gasteiger partial charge is 0.303 e. The van der Waals surface area contributed by atoms with E-state index in [1.54, 1.807) is 0 Å². The van der Waals surface area contributed by atoms with Crippen LogP contribution in [0.3, 0.4) is 0 Å². The fourth-order valence-electron chi connectivity index (χ4n) is 3.10. The summed E-state index contributed by atoms with van der Waals surface area (Å²) in [5.41, 5.74) is 3.12. The van der Waals surface area contributed by atoms with Gasteiger partial charge in [-0.1, -0.05) is 52.7 Å². The van der Waals surface area contributed by atoms with E-state index in [0.29, 0.717) is 0 Å². The lowest BCUT2D eigenvalue weighted by molar-refractivity contribution is -0.137. The molecule has 0 amide bonds. The molecule has 1 aliphatic rings. The molecule has 0 bridgehead atoms. The molecule has 0 fully saturated rings. The third-order valence-electron chi connectivity index (χ3n) is 3.61. The average molecular weight is 238 g/mol. The van der Waals surface area contributed by atoms with Gasteiger partial charge in [-0.25, -0.2) is 0 Å². The minimum absolute atomic E-state index is 0.0826. The zero-order valence-corrected chi connectivity index (χ0v) is 12.1. The second kappa shape index (κ2) is 4.47. The summed E-state index contributed by atoms with van der Waals surface area (Å²) >= 11 is 0. The Kier molecular flexibility index (Phi) is 3.75. The minimum atomic E-state index is -0.674. The molecule has 17 heavy (non-hydrogen) atoms. The fraction of sp³-hybridized carbons (Fsp3) is 0.800. The predicted octanol–water partition coefficient (Wildman–Crippen LogP) is 4.26. The first-order valence-corrected chi connectivity index (χ1v) is 6.49. The third kappa shape index (κ3) is 3.34. The molecule has 98 valence electrons. The summed E-state index contributed by atoms with van der Waals surface area (Å²) in [7, 11) is 0. The van der Waals surface area contributed by atoms with Gasteiger partial charge in [-0.15, -0.1) is 0 Å². The Labute approximate surface area is 105 Å². The zero-order chi connectivity index (χ0) is 13.4. The van der Waals surface area contributed by atoms with E-state index in [-0.39, 0.29) is 23.2 Å². The first-order chi connectivity index (χ1) is 7.53. The first kappa shape index (κ1) is 14.3. The normalized spacial score (nSPS) is 22.1. The van der Waals surface area contributed by atoms with Crippen LogP contribution in [0.1, 0.15) is 60.8 Å². The molecule has 1 N–H and O–H groups in total. The molecule has 0 aromatic carbocycles. The van der Waals surface area contributed by atoms with Crippen LogP contribution in [-0.4, -0.2) is 11.1 Å². The number of hydrogen-bond donors (Lipinski definition) is 1. The Morgan fingerprint density at radius 3 is 2.06 bits per heavy atom. The molecule has 0 aromatic heterocycles. The maximum atomic E-state index is 11.0. The van der Waals surface area contributed by atoms with Gasteiger partial charge in [-0.05, 0) is 29.6 Å². The van der Waals surface area contributed by atoms with Gasteiger partial charge in [0.15, 0.2) is 0 Å². The van der Waals surface area contributed by atoms with Crippen LogP contribution in [0.15, 0.2) is 11.1 Å². The number of hydrogen-bond acceptors (Lipinski definition) is 1. The van der Waals surface area contributed by atoms with Crippen LogP contribution in [0.25, 0.3) is 0 Å². The predicted molar refractivity (Wildman–Crippen MR) is 70.9 cm³/mol. The highest BCUT2D eigenvalue weighted by atomic mass is 16.4. The molecule has 0 heterocycles. The van der Waals surface area contributed by atoms with Gasteiger partial charge in [0.25, 0.3) is 0 Å². The molecule has 1 aliphatic carbocycles.